The minimum absolute atomic E-state index is 0.616. The Labute approximate surface area is 139 Å². The van der Waals surface area contributed by atoms with Crippen LogP contribution in [0, 0.1) is 0 Å². The van der Waals surface area contributed by atoms with E-state index in [1.165, 1.54) is 15.3 Å². The molecule has 1 aliphatic rings. The molecule has 5 heteroatoms. The highest BCUT2D eigenvalue weighted by Gasteiger charge is 2.29. The normalized spacial score (nSPS) is 17.5. The number of thiophene rings is 1. The number of hydrogen-bond acceptors (Lipinski definition) is 4. The fourth-order valence-corrected chi connectivity index (χ4v) is 3.70. The first kappa shape index (κ1) is 16.0. The molecule has 1 saturated heterocycles. The van der Waals surface area contributed by atoms with Gasteiger partial charge in [0.25, 0.3) is 0 Å². The lowest BCUT2D eigenvalue weighted by Crippen LogP contribution is -2.44. The van der Waals surface area contributed by atoms with Crippen LogP contribution in [-0.2, 0) is 11.3 Å². The Hall–Kier alpha value is -0.910. The van der Waals surface area contributed by atoms with Crippen molar-refractivity contribution in [2.45, 2.75) is 25.0 Å². The van der Waals surface area contributed by atoms with Crippen molar-refractivity contribution in [2.75, 3.05) is 19.8 Å². The predicted octanol–water partition coefficient (Wildman–Crippen LogP) is 3.70. The van der Waals surface area contributed by atoms with Crippen LogP contribution in [0.2, 0.25) is 5.02 Å². The summed E-state index contributed by atoms with van der Waals surface area (Å²) < 4.78 is 5.30. The quantitative estimate of drug-likeness (QED) is 0.874. The van der Waals surface area contributed by atoms with E-state index in [4.69, 9.17) is 16.3 Å². The molecule has 2 aromatic rings. The van der Waals surface area contributed by atoms with Gasteiger partial charge in [0.2, 0.25) is 0 Å². The van der Waals surface area contributed by atoms with Crippen LogP contribution < -0.4 is 5.32 Å². The standard InChI is InChI=1S/C17H20ClNO2S/c18-14-3-1-13(2-4-14)16-6-5-15(22-16)11-19-12-17(20)7-9-21-10-8-17/h1-6,19-20H,7-12H2. The number of aliphatic hydroxyl groups is 1. The van der Waals surface area contributed by atoms with Crippen molar-refractivity contribution in [1.82, 2.24) is 5.32 Å². The van der Waals surface area contributed by atoms with E-state index in [2.05, 4.69) is 17.4 Å². The molecule has 2 N–H and O–H groups in total. The Balaban J connectivity index is 1.54. The number of halogens is 1. The summed E-state index contributed by atoms with van der Waals surface area (Å²) in [5.74, 6) is 0. The van der Waals surface area contributed by atoms with Crippen molar-refractivity contribution in [2.24, 2.45) is 0 Å². The van der Waals surface area contributed by atoms with Gasteiger partial charge in [-0.25, -0.2) is 0 Å². The van der Waals surface area contributed by atoms with Crippen LogP contribution in [-0.4, -0.2) is 30.5 Å². The maximum Gasteiger partial charge on any atom is 0.0815 e. The van der Waals surface area contributed by atoms with Gasteiger partial charge in [0, 0.05) is 53.9 Å². The van der Waals surface area contributed by atoms with Crippen molar-refractivity contribution < 1.29 is 9.84 Å². The lowest BCUT2D eigenvalue weighted by Gasteiger charge is -2.32. The van der Waals surface area contributed by atoms with E-state index in [9.17, 15) is 5.11 Å². The maximum absolute atomic E-state index is 10.4. The lowest BCUT2D eigenvalue weighted by molar-refractivity contribution is -0.0616. The van der Waals surface area contributed by atoms with Crippen molar-refractivity contribution in [3.05, 3.63) is 46.3 Å². The van der Waals surface area contributed by atoms with Crippen LogP contribution >= 0.6 is 22.9 Å². The van der Waals surface area contributed by atoms with E-state index in [1.54, 1.807) is 11.3 Å². The van der Waals surface area contributed by atoms with Gasteiger partial charge in [-0.2, -0.15) is 0 Å². The molecular formula is C17H20ClNO2S. The summed E-state index contributed by atoms with van der Waals surface area (Å²) in [5, 5.41) is 14.5. The molecule has 0 bridgehead atoms. The second-order valence-corrected chi connectivity index (χ2v) is 7.32. The zero-order valence-corrected chi connectivity index (χ0v) is 13.9. The Morgan fingerprint density at radius 3 is 2.59 bits per heavy atom. The molecular weight excluding hydrogens is 318 g/mol. The van der Waals surface area contributed by atoms with Gasteiger partial charge < -0.3 is 15.2 Å². The number of rotatable bonds is 5. The first-order valence-electron chi connectivity index (χ1n) is 7.50. The van der Waals surface area contributed by atoms with Crippen LogP contribution in [0.4, 0.5) is 0 Å². The molecule has 1 aromatic carbocycles. The highest BCUT2D eigenvalue weighted by atomic mass is 35.5. The van der Waals surface area contributed by atoms with E-state index >= 15 is 0 Å². The molecule has 0 unspecified atom stereocenters. The Bertz CT molecular complexity index is 605. The second kappa shape index (κ2) is 7.11. The number of benzene rings is 1. The summed E-state index contributed by atoms with van der Waals surface area (Å²) in [6, 6.07) is 12.2. The minimum atomic E-state index is -0.617. The molecule has 0 saturated carbocycles. The van der Waals surface area contributed by atoms with Crippen LogP contribution in [0.1, 0.15) is 17.7 Å². The molecule has 3 rings (SSSR count). The molecule has 0 radical (unpaired) electrons. The van der Waals surface area contributed by atoms with Crippen LogP contribution in [0.15, 0.2) is 36.4 Å². The predicted molar refractivity (Wildman–Crippen MR) is 91.5 cm³/mol. The fourth-order valence-electron chi connectivity index (χ4n) is 2.59. The molecule has 0 amide bonds. The third-order valence-corrected chi connectivity index (χ3v) is 5.35. The van der Waals surface area contributed by atoms with Gasteiger partial charge in [0.15, 0.2) is 0 Å². The molecule has 22 heavy (non-hydrogen) atoms. The van der Waals surface area contributed by atoms with E-state index < -0.39 is 5.60 Å². The van der Waals surface area contributed by atoms with Crippen molar-refractivity contribution in [3.63, 3.8) is 0 Å². The second-order valence-electron chi connectivity index (χ2n) is 5.71. The summed E-state index contributed by atoms with van der Waals surface area (Å²) in [6.45, 7) is 2.70. The number of hydrogen-bond donors (Lipinski definition) is 2. The Kier molecular flexibility index (Phi) is 5.16. The molecule has 0 spiro atoms. The van der Waals surface area contributed by atoms with E-state index in [0.29, 0.717) is 32.6 Å². The van der Waals surface area contributed by atoms with Crippen LogP contribution in [0.3, 0.4) is 0 Å². The molecule has 1 aliphatic heterocycles. The van der Waals surface area contributed by atoms with Gasteiger partial charge in [-0.1, -0.05) is 23.7 Å². The summed E-state index contributed by atoms with van der Waals surface area (Å²) >= 11 is 7.69. The Morgan fingerprint density at radius 2 is 1.86 bits per heavy atom. The zero-order chi connectivity index (χ0) is 15.4. The van der Waals surface area contributed by atoms with Gasteiger partial charge >= 0.3 is 0 Å². The molecule has 1 fully saturated rings. The smallest absolute Gasteiger partial charge is 0.0815 e. The first-order chi connectivity index (χ1) is 10.6. The molecule has 2 heterocycles. The first-order valence-corrected chi connectivity index (χ1v) is 8.70. The van der Waals surface area contributed by atoms with E-state index in [-0.39, 0.29) is 0 Å². The molecule has 3 nitrogen and oxygen atoms in total. The average molecular weight is 338 g/mol. The largest absolute Gasteiger partial charge is 0.388 e. The van der Waals surface area contributed by atoms with Crippen molar-refractivity contribution in [1.29, 1.82) is 0 Å². The van der Waals surface area contributed by atoms with Crippen LogP contribution in [0.25, 0.3) is 10.4 Å². The van der Waals surface area contributed by atoms with Crippen molar-refractivity contribution in [3.8, 4) is 10.4 Å². The average Bonchev–Trinajstić information content (AvgIpc) is 2.97. The molecule has 0 aliphatic carbocycles. The highest BCUT2D eigenvalue weighted by molar-refractivity contribution is 7.15. The summed E-state index contributed by atoms with van der Waals surface area (Å²) in [7, 11) is 0. The van der Waals surface area contributed by atoms with Gasteiger partial charge in [0.1, 0.15) is 0 Å². The van der Waals surface area contributed by atoms with Gasteiger partial charge in [-0.05, 0) is 29.8 Å². The summed E-state index contributed by atoms with van der Waals surface area (Å²) in [5.41, 5.74) is 0.567. The van der Waals surface area contributed by atoms with Crippen LogP contribution in [0.5, 0.6) is 0 Å². The zero-order valence-electron chi connectivity index (χ0n) is 12.3. The monoisotopic (exact) mass is 337 g/mol. The molecule has 0 atom stereocenters. The summed E-state index contributed by atoms with van der Waals surface area (Å²) in [4.78, 5) is 2.50. The number of nitrogens with one attached hydrogen (secondary N) is 1. The topological polar surface area (TPSA) is 41.5 Å². The minimum Gasteiger partial charge on any atom is -0.388 e. The number of ether oxygens (including phenoxy) is 1. The highest BCUT2D eigenvalue weighted by Crippen LogP contribution is 2.29. The van der Waals surface area contributed by atoms with E-state index in [1.807, 2.05) is 24.3 Å². The third-order valence-electron chi connectivity index (χ3n) is 3.97. The molecule has 1 aromatic heterocycles. The Morgan fingerprint density at radius 1 is 1.14 bits per heavy atom. The maximum atomic E-state index is 10.4. The van der Waals surface area contributed by atoms with Crippen molar-refractivity contribution >= 4 is 22.9 Å². The van der Waals surface area contributed by atoms with E-state index in [0.717, 1.165) is 11.6 Å². The third kappa shape index (κ3) is 4.09. The van der Waals surface area contributed by atoms with Gasteiger partial charge in [-0.3, -0.25) is 0 Å². The van der Waals surface area contributed by atoms with Gasteiger partial charge in [0.05, 0.1) is 5.60 Å². The van der Waals surface area contributed by atoms with Gasteiger partial charge in [-0.15, -0.1) is 11.3 Å². The molecule has 118 valence electrons. The fraction of sp³-hybridized carbons (Fsp3) is 0.412. The SMILES string of the molecule is OC1(CNCc2ccc(-c3ccc(Cl)cc3)s2)CCOCC1. The lowest BCUT2D eigenvalue weighted by atomic mass is 9.94. The summed E-state index contributed by atoms with van der Waals surface area (Å²) in [6.07, 6.45) is 1.42.